The molecule has 1 aromatic heterocycles. The Balaban J connectivity index is 2.29. The van der Waals surface area contributed by atoms with Crippen molar-refractivity contribution in [2.75, 3.05) is 20.3 Å². The van der Waals surface area contributed by atoms with Crippen molar-refractivity contribution in [1.82, 2.24) is 5.32 Å². The molecule has 1 aromatic rings. The van der Waals surface area contributed by atoms with Crippen LogP contribution in [0.2, 0.25) is 5.22 Å². The summed E-state index contributed by atoms with van der Waals surface area (Å²) in [5.74, 6) is -0.0274. The molecule has 1 heterocycles. The van der Waals surface area contributed by atoms with Crippen LogP contribution in [0.4, 0.5) is 0 Å². The Kier molecular flexibility index (Phi) is 4.49. The molecule has 0 aliphatic carbocycles. The zero-order valence-corrected chi connectivity index (χ0v) is 8.63. The maximum absolute atomic E-state index is 11.3. The minimum atomic E-state index is -0.256. The summed E-state index contributed by atoms with van der Waals surface area (Å²) >= 11 is 5.52. The molecule has 0 saturated carbocycles. The van der Waals surface area contributed by atoms with Gasteiger partial charge >= 0.3 is 0 Å². The lowest BCUT2D eigenvalue weighted by Gasteiger charge is -2.01. The maximum atomic E-state index is 11.3. The van der Waals surface area contributed by atoms with Crippen molar-refractivity contribution >= 4 is 17.5 Å². The lowest BCUT2D eigenvalue weighted by Crippen LogP contribution is -2.24. The second kappa shape index (κ2) is 5.67. The number of carbonyl (C=O) groups is 1. The predicted molar refractivity (Wildman–Crippen MR) is 52.5 cm³/mol. The fourth-order valence-electron chi connectivity index (χ4n) is 0.942. The first kappa shape index (κ1) is 11.1. The predicted octanol–water partition coefficient (Wildman–Crippen LogP) is 1.70. The molecule has 0 aromatic carbocycles. The van der Waals surface area contributed by atoms with Crippen molar-refractivity contribution in [2.45, 2.75) is 6.42 Å². The molecule has 4 nitrogen and oxygen atoms in total. The maximum Gasteiger partial charge on any atom is 0.287 e. The first-order valence-corrected chi connectivity index (χ1v) is 4.64. The van der Waals surface area contributed by atoms with Gasteiger partial charge in [-0.2, -0.15) is 0 Å². The number of hydrogen-bond donors (Lipinski definition) is 1. The van der Waals surface area contributed by atoms with Gasteiger partial charge in [0.2, 0.25) is 0 Å². The van der Waals surface area contributed by atoms with Gasteiger partial charge in [0.15, 0.2) is 11.0 Å². The molecule has 78 valence electrons. The molecule has 0 aliphatic rings. The van der Waals surface area contributed by atoms with Crippen LogP contribution in [-0.4, -0.2) is 26.2 Å². The lowest BCUT2D eigenvalue weighted by molar-refractivity contribution is 0.0921. The number of methoxy groups -OCH3 is 1. The van der Waals surface area contributed by atoms with Crippen LogP contribution in [0.25, 0.3) is 0 Å². The highest BCUT2D eigenvalue weighted by Crippen LogP contribution is 2.12. The van der Waals surface area contributed by atoms with Crippen LogP contribution < -0.4 is 5.32 Å². The Morgan fingerprint density at radius 2 is 2.43 bits per heavy atom. The number of furan rings is 1. The molecule has 5 heteroatoms. The highest BCUT2D eigenvalue weighted by atomic mass is 35.5. The van der Waals surface area contributed by atoms with E-state index >= 15 is 0 Å². The van der Waals surface area contributed by atoms with Crippen molar-refractivity contribution in [3.05, 3.63) is 23.1 Å². The molecule has 1 rings (SSSR count). The molecule has 0 radical (unpaired) electrons. The van der Waals surface area contributed by atoms with E-state index in [0.29, 0.717) is 13.2 Å². The molecule has 1 amide bonds. The number of hydrogen-bond acceptors (Lipinski definition) is 3. The summed E-state index contributed by atoms with van der Waals surface area (Å²) in [6.45, 7) is 1.18. The number of amides is 1. The summed E-state index contributed by atoms with van der Waals surface area (Å²) in [5, 5.41) is 2.89. The van der Waals surface area contributed by atoms with Crippen LogP contribution in [-0.2, 0) is 4.74 Å². The SMILES string of the molecule is COCCCNC(=O)c1ccc(Cl)o1. The van der Waals surface area contributed by atoms with E-state index in [-0.39, 0.29) is 16.9 Å². The largest absolute Gasteiger partial charge is 0.440 e. The van der Waals surface area contributed by atoms with E-state index in [0.717, 1.165) is 6.42 Å². The average Bonchev–Trinajstić information content (AvgIpc) is 2.59. The summed E-state index contributed by atoms with van der Waals surface area (Å²) in [6.07, 6.45) is 0.774. The van der Waals surface area contributed by atoms with Crippen LogP contribution in [0.1, 0.15) is 17.0 Å². The van der Waals surface area contributed by atoms with Crippen molar-refractivity contribution in [3.63, 3.8) is 0 Å². The van der Waals surface area contributed by atoms with Gasteiger partial charge < -0.3 is 14.5 Å². The molecule has 1 N–H and O–H groups in total. The van der Waals surface area contributed by atoms with E-state index in [2.05, 4.69) is 5.32 Å². The molecule has 0 bridgehead atoms. The smallest absolute Gasteiger partial charge is 0.287 e. The Morgan fingerprint density at radius 3 is 3.00 bits per heavy atom. The summed E-state index contributed by atoms with van der Waals surface area (Å²) in [6, 6.07) is 3.07. The van der Waals surface area contributed by atoms with Gasteiger partial charge in [-0.15, -0.1) is 0 Å². The van der Waals surface area contributed by atoms with Crippen molar-refractivity contribution in [1.29, 1.82) is 0 Å². The van der Waals surface area contributed by atoms with Gasteiger partial charge in [-0.25, -0.2) is 0 Å². The molecule has 0 atom stereocenters. The Labute approximate surface area is 87.2 Å². The number of nitrogens with one attached hydrogen (secondary N) is 1. The Morgan fingerprint density at radius 1 is 1.64 bits per heavy atom. The molecule has 0 spiro atoms. The monoisotopic (exact) mass is 217 g/mol. The zero-order chi connectivity index (χ0) is 10.4. The van der Waals surface area contributed by atoms with E-state index in [1.54, 1.807) is 7.11 Å². The number of rotatable bonds is 5. The molecule has 0 aliphatic heterocycles. The lowest BCUT2D eigenvalue weighted by atomic mass is 10.4. The molecule has 14 heavy (non-hydrogen) atoms. The summed E-state index contributed by atoms with van der Waals surface area (Å²) < 4.78 is 9.76. The topological polar surface area (TPSA) is 51.5 Å². The number of ether oxygens (including phenoxy) is 1. The van der Waals surface area contributed by atoms with Crippen LogP contribution in [0.3, 0.4) is 0 Å². The molecule has 0 unspecified atom stereocenters. The first-order chi connectivity index (χ1) is 6.74. The normalized spacial score (nSPS) is 10.1. The van der Waals surface area contributed by atoms with Gasteiger partial charge in [0.25, 0.3) is 5.91 Å². The van der Waals surface area contributed by atoms with Crippen molar-refractivity contribution < 1.29 is 13.9 Å². The minimum Gasteiger partial charge on any atom is -0.440 e. The van der Waals surface area contributed by atoms with Crippen molar-refractivity contribution in [2.24, 2.45) is 0 Å². The molecule has 0 saturated heterocycles. The molecular formula is C9H12ClNO3. The third-order valence-electron chi connectivity index (χ3n) is 1.61. The highest BCUT2D eigenvalue weighted by Gasteiger charge is 2.08. The molecule has 0 fully saturated rings. The first-order valence-electron chi connectivity index (χ1n) is 4.26. The summed E-state index contributed by atoms with van der Waals surface area (Å²) in [7, 11) is 1.62. The second-order valence-electron chi connectivity index (χ2n) is 2.71. The number of halogens is 1. The van der Waals surface area contributed by atoms with Gasteiger partial charge in [0, 0.05) is 20.3 Å². The van der Waals surface area contributed by atoms with Crippen molar-refractivity contribution in [3.8, 4) is 0 Å². The van der Waals surface area contributed by atoms with E-state index < -0.39 is 0 Å². The second-order valence-corrected chi connectivity index (χ2v) is 3.08. The van der Waals surface area contributed by atoms with E-state index in [1.807, 2.05) is 0 Å². The third-order valence-corrected chi connectivity index (χ3v) is 1.81. The van der Waals surface area contributed by atoms with Crippen LogP contribution in [0.15, 0.2) is 16.5 Å². The zero-order valence-electron chi connectivity index (χ0n) is 7.88. The quantitative estimate of drug-likeness (QED) is 0.764. The van der Waals surface area contributed by atoms with E-state index in [1.165, 1.54) is 12.1 Å². The van der Waals surface area contributed by atoms with Gasteiger partial charge in [-0.05, 0) is 30.2 Å². The van der Waals surface area contributed by atoms with Gasteiger partial charge in [-0.1, -0.05) is 0 Å². The Bertz CT molecular complexity index is 298. The van der Waals surface area contributed by atoms with Crippen LogP contribution in [0.5, 0.6) is 0 Å². The van der Waals surface area contributed by atoms with E-state index in [4.69, 9.17) is 20.8 Å². The highest BCUT2D eigenvalue weighted by molar-refractivity contribution is 6.29. The fourth-order valence-corrected chi connectivity index (χ4v) is 1.09. The van der Waals surface area contributed by atoms with Gasteiger partial charge in [0.1, 0.15) is 0 Å². The molecular weight excluding hydrogens is 206 g/mol. The summed E-state index contributed by atoms with van der Waals surface area (Å²) in [5.41, 5.74) is 0. The van der Waals surface area contributed by atoms with Crippen LogP contribution in [0, 0.1) is 0 Å². The fraction of sp³-hybridized carbons (Fsp3) is 0.444. The average molecular weight is 218 g/mol. The van der Waals surface area contributed by atoms with Gasteiger partial charge in [-0.3, -0.25) is 4.79 Å². The van der Waals surface area contributed by atoms with Gasteiger partial charge in [0.05, 0.1) is 0 Å². The third kappa shape index (κ3) is 3.40. The Hall–Kier alpha value is -1.00. The standard InChI is InChI=1S/C9H12ClNO3/c1-13-6-2-5-11-9(12)7-3-4-8(10)14-7/h3-4H,2,5-6H2,1H3,(H,11,12). The summed E-state index contributed by atoms with van der Waals surface area (Å²) in [4.78, 5) is 11.3. The minimum absolute atomic E-state index is 0.215. The van der Waals surface area contributed by atoms with E-state index in [9.17, 15) is 4.79 Å². The van der Waals surface area contributed by atoms with Crippen LogP contribution >= 0.6 is 11.6 Å². The number of carbonyl (C=O) groups excluding carboxylic acids is 1.